The topological polar surface area (TPSA) is 72.5 Å². The van der Waals surface area contributed by atoms with Gasteiger partial charge >= 0.3 is 0 Å². The molecule has 0 spiro atoms. The minimum atomic E-state index is 0. The van der Waals surface area contributed by atoms with Crippen LogP contribution in [0.5, 0.6) is 5.88 Å². The highest BCUT2D eigenvalue weighted by atomic mass is 127. The molecule has 1 heterocycles. The number of hydrogen-bond donors (Lipinski definition) is 2. The van der Waals surface area contributed by atoms with Gasteiger partial charge in [0.15, 0.2) is 5.96 Å². The molecule has 0 aromatic carbocycles. The summed E-state index contributed by atoms with van der Waals surface area (Å²) in [6.07, 6.45) is 10.6. The van der Waals surface area contributed by atoms with E-state index in [2.05, 4.69) is 15.3 Å². The van der Waals surface area contributed by atoms with Gasteiger partial charge in [-0.3, -0.25) is 0 Å². The van der Waals surface area contributed by atoms with Crippen molar-refractivity contribution in [2.24, 2.45) is 10.7 Å². The fraction of sp³-hybridized carbons (Fsp3) is 0.625. The van der Waals surface area contributed by atoms with E-state index in [9.17, 15) is 0 Å². The second-order valence-corrected chi connectivity index (χ2v) is 6.00. The standard InChI is InChI=1S/C16H24N4O.HI/c17-16(20-13-4-1-2-5-13)19-11-12-8-9-18-15(10-12)21-14-6-3-7-14;/h8-10,13-14H,1-7,11H2,(H3,17,19,20);1H. The molecule has 0 aliphatic heterocycles. The lowest BCUT2D eigenvalue weighted by atomic mass is 9.96. The molecule has 2 aliphatic rings. The van der Waals surface area contributed by atoms with E-state index in [-0.39, 0.29) is 24.0 Å². The van der Waals surface area contributed by atoms with Crippen LogP contribution in [0.2, 0.25) is 0 Å². The lowest BCUT2D eigenvalue weighted by Gasteiger charge is -2.25. The van der Waals surface area contributed by atoms with E-state index in [0.29, 0.717) is 30.5 Å². The number of hydrogen-bond acceptors (Lipinski definition) is 3. The van der Waals surface area contributed by atoms with Crippen LogP contribution in [0, 0.1) is 0 Å². The number of aliphatic imine (C=N–C) groups is 1. The van der Waals surface area contributed by atoms with Crippen molar-refractivity contribution in [2.75, 3.05) is 0 Å². The van der Waals surface area contributed by atoms with Crippen molar-refractivity contribution in [1.29, 1.82) is 0 Å². The van der Waals surface area contributed by atoms with E-state index in [1.807, 2.05) is 12.1 Å². The quantitative estimate of drug-likeness (QED) is 0.440. The molecule has 2 fully saturated rings. The van der Waals surface area contributed by atoms with Gasteiger partial charge in [-0.1, -0.05) is 12.8 Å². The number of halogens is 1. The molecule has 1 aromatic rings. The molecular weight excluding hydrogens is 391 g/mol. The van der Waals surface area contributed by atoms with Crippen LogP contribution in [0.1, 0.15) is 50.5 Å². The zero-order valence-corrected chi connectivity index (χ0v) is 15.2. The Hall–Kier alpha value is -1.05. The number of aromatic nitrogens is 1. The summed E-state index contributed by atoms with van der Waals surface area (Å²) in [6, 6.07) is 4.42. The average molecular weight is 416 g/mol. The summed E-state index contributed by atoms with van der Waals surface area (Å²) >= 11 is 0. The number of ether oxygens (including phenoxy) is 1. The molecule has 0 radical (unpaired) electrons. The SMILES string of the molecule is I.NC(=NCc1ccnc(OC2CCC2)c1)NC1CCCC1. The molecule has 1 aromatic heterocycles. The van der Waals surface area contributed by atoms with Crippen LogP contribution in [0.25, 0.3) is 0 Å². The van der Waals surface area contributed by atoms with Gasteiger partial charge in [0, 0.05) is 18.3 Å². The van der Waals surface area contributed by atoms with E-state index in [4.69, 9.17) is 10.5 Å². The van der Waals surface area contributed by atoms with Crippen LogP contribution in [-0.2, 0) is 6.54 Å². The highest BCUT2D eigenvalue weighted by Crippen LogP contribution is 2.24. The first-order valence-electron chi connectivity index (χ1n) is 7.97. The average Bonchev–Trinajstić information content (AvgIpc) is 2.94. The Kier molecular flexibility index (Phi) is 6.72. The highest BCUT2D eigenvalue weighted by molar-refractivity contribution is 14.0. The summed E-state index contributed by atoms with van der Waals surface area (Å²) in [7, 11) is 0. The van der Waals surface area contributed by atoms with Crippen molar-refractivity contribution in [3.63, 3.8) is 0 Å². The Morgan fingerprint density at radius 1 is 1.27 bits per heavy atom. The van der Waals surface area contributed by atoms with Gasteiger partial charge in [0.1, 0.15) is 6.10 Å². The summed E-state index contributed by atoms with van der Waals surface area (Å²) < 4.78 is 5.80. The zero-order valence-electron chi connectivity index (χ0n) is 12.8. The van der Waals surface area contributed by atoms with E-state index in [0.717, 1.165) is 18.4 Å². The summed E-state index contributed by atoms with van der Waals surface area (Å²) in [5, 5.41) is 3.30. The van der Waals surface area contributed by atoms with E-state index in [1.54, 1.807) is 6.20 Å². The summed E-state index contributed by atoms with van der Waals surface area (Å²) in [5.74, 6) is 1.25. The first-order valence-corrected chi connectivity index (χ1v) is 7.97. The molecular formula is C16H25IN4O. The normalized spacial score (nSPS) is 19.4. The number of rotatable bonds is 5. The summed E-state index contributed by atoms with van der Waals surface area (Å²) in [4.78, 5) is 8.67. The molecule has 3 rings (SSSR count). The van der Waals surface area contributed by atoms with Gasteiger partial charge in [-0.15, -0.1) is 24.0 Å². The molecule has 22 heavy (non-hydrogen) atoms. The lowest BCUT2D eigenvalue weighted by molar-refractivity contribution is 0.114. The van der Waals surface area contributed by atoms with Crippen LogP contribution >= 0.6 is 24.0 Å². The molecule has 0 amide bonds. The van der Waals surface area contributed by atoms with E-state index < -0.39 is 0 Å². The maximum atomic E-state index is 5.94. The fourth-order valence-electron chi connectivity index (χ4n) is 2.77. The van der Waals surface area contributed by atoms with Crippen LogP contribution in [0.15, 0.2) is 23.3 Å². The van der Waals surface area contributed by atoms with E-state index >= 15 is 0 Å². The Morgan fingerprint density at radius 3 is 2.73 bits per heavy atom. The van der Waals surface area contributed by atoms with Crippen molar-refractivity contribution in [3.8, 4) is 5.88 Å². The van der Waals surface area contributed by atoms with Crippen molar-refractivity contribution < 1.29 is 4.74 Å². The summed E-state index contributed by atoms with van der Waals surface area (Å²) in [5.41, 5.74) is 7.02. The maximum absolute atomic E-state index is 5.94. The minimum absolute atomic E-state index is 0. The van der Waals surface area contributed by atoms with Gasteiger partial charge in [-0.05, 0) is 43.7 Å². The van der Waals surface area contributed by atoms with Gasteiger partial charge in [0.05, 0.1) is 6.54 Å². The van der Waals surface area contributed by atoms with Crippen LogP contribution < -0.4 is 15.8 Å². The number of pyridine rings is 1. The monoisotopic (exact) mass is 416 g/mol. The second kappa shape index (κ2) is 8.55. The molecule has 0 atom stereocenters. The maximum Gasteiger partial charge on any atom is 0.213 e. The Bertz CT molecular complexity index is 499. The first kappa shape index (κ1) is 17.3. The van der Waals surface area contributed by atoms with Gasteiger partial charge < -0.3 is 15.8 Å². The molecule has 122 valence electrons. The third-order valence-electron chi connectivity index (χ3n) is 4.28. The zero-order chi connectivity index (χ0) is 14.5. The molecule has 2 saturated carbocycles. The van der Waals surface area contributed by atoms with Crippen molar-refractivity contribution in [2.45, 2.75) is 63.6 Å². The number of nitrogens with zero attached hydrogens (tertiary/aromatic N) is 2. The Labute approximate surface area is 149 Å². The Morgan fingerprint density at radius 2 is 2.05 bits per heavy atom. The molecule has 0 saturated heterocycles. The van der Waals surface area contributed by atoms with Crippen molar-refractivity contribution >= 4 is 29.9 Å². The molecule has 0 bridgehead atoms. The van der Waals surface area contributed by atoms with Crippen molar-refractivity contribution in [1.82, 2.24) is 10.3 Å². The smallest absolute Gasteiger partial charge is 0.213 e. The molecule has 5 nitrogen and oxygen atoms in total. The van der Waals surface area contributed by atoms with Crippen molar-refractivity contribution in [3.05, 3.63) is 23.9 Å². The van der Waals surface area contributed by atoms with Gasteiger partial charge in [-0.2, -0.15) is 0 Å². The summed E-state index contributed by atoms with van der Waals surface area (Å²) in [6.45, 7) is 0.565. The predicted molar refractivity (Wildman–Crippen MR) is 98.6 cm³/mol. The number of nitrogens with one attached hydrogen (secondary N) is 1. The minimum Gasteiger partial charge on any atom is -0.474 e. The predicted octanol–water partition coefficient (Wildman–Crippen LogP) is 2.98. The number of guanidine groups is 1. The third-order valence-corrected chi connectivity index (χ3v) is 4.28. The molecule has 6 heteroatoms. The molecule has 2 aliphatic carbocycles. The van der Waals surface area contributed by atoms with Crippen LogP contribution in [0.4, 0.5) is 0 Å². The highest BCUT2D eigenvalue weighted by Gasteiger charge is 2.19. The lowest BCUT2D eigenvalue weighted by Crippen LogP contribution is -2.38. The van der Waals surface area contributed by atoms with Gasteiger partial charge in [0.2, 0.25) is 5.88 Å². The largest absolute Gasteiger partial charge is 0.474 e. The van der Waals surface area contributed by atoms with E-state index in [1.165, 1.54) is 32.1 Å². The Balaban J connectivity index is 0.00000176. The third kappa shape index (κ3) is 5.00. The van der Waals surface area contributed by atoms with Crippen LogP contribution in [-0.4, -0.2) is 23.1 Å². The number of nitrogens with two attached hydrogens (primary N) is 1. The fourth-order valence-corrected chi connectivity index (χ4v) is 2.77. The second-order valence-electron chi connectivity index (χ2n) is 6.00. The first-order chi connectivity index (χ1) is 10.3. The van der Waals surface area contributed by atoms with Crippen LogP contribution in [0.3, 0.4) is 0 Å². The molecule has 0 unspecified atom stereocenters. The molecule has 3 N–H and O–H groups in total. The van der Waals surface area contributed by atoms with Gasteiger partial charge in [0.25, 0.3) is 0 Å². The van der Waals surface area contributed by atoms with Gasteiger partial charge in [-0.25, -0.2) is 9.98 Å².